The number of hydrogen-bond acceptors (Lipinski definition) is 5. The molecule has 0 spiro atoms. The number of hydrogen-bond donors (Lipinski definition) is 1. The van der Waals surface area contributed by atoms with Gasteiger partial charge in [0.2, 0.25) is 0 Å². The third-order valence-electron chi connectivity index (χ3n) is 4.36. The molecule has 24 heavy (non-hydrogen) atoms. The van der Waals surface area contributed by atoms with Gasteiger partial charge in [-0.2, -0.15) is 5.10 Å². The molecule has 0 bridgehead atoms. The van der Waals surface area contributed by atoms with E-state index in [0.29, 0.717) is 38.3 Å². The molecule has 2 unspecified atom stereocenters. The van der Waals surface area contributed by atoms with Crippen LogP contribution in [0.4, 0.5) is 0 Å². The molecule has 1 aliphatic rings. The highest BCUT2D eigenvalue weighted by atomic mass is 16.5. The highest BCUT2D eigenvalue weighted by Gasteiger charge is 2.21. The van der Waals surface area contributed by atoms with Gasteiger partial charge in [0.05, 0.1) is 25.9 Å². The van der Waals surface area contributed by atoms with Crippen molar-refractivity contribution in [2.24, 2.45) is 5.92 Å². The van der Waals surface area contributed by atoms with Crippen LogP contribution >= 0.6 is 0 Å². The summed E-state index contributed by atoms with van der Waals surface area (Å²) in [6.07, 6.45) is 5.10. The number of carbonyl (C=O) groups excluding carboxylic acids is 1. The van der Waals surface area contributed by atoms with Gasteiger partial charge in [-0.25, -0.2) is 4.68 Å². The van der Waals surface area contributed by atoms with Gasteiger partial charge in [0, 0.05) is 19.7 Å². The van der Waals surface area contributed by atoms with Crippen molar-refractivity contribution < 1.29 is 14.3 Å². The van der Waals surface area contributed by atoms with Crippen LogP contribution in [0.1, 0.15) is 43.1 Å². The minimum Gasteiger partial charge on any atom is -0.383 e. The Labute approximate surface area is 142 Å². The zero-order valence-corrected chi connectivity index (χ0v) is 14.5. The smallest absolute Gasteiger partial charge is 0.271 e. The molecule has 1 aromatic rings. The average molecular weight is 337 g/mol. The number of amides is 1. The molecule has 1 saturated carbocycles. The largest absolute Gasteiger partial charge is 0.383 e. The summed E-state index contributed by atoms with van der Waals surface area (Å²) < 4.78 is 12.0. The average Bonchev–Trinajstić information content (AvgIpc) is 2.59. The van der Waals surface area contributed by atoms with Crippen LogP contribution in [0.5, 0.6) is 0 Å². The first-order valence-corrected chi connectivity index (χ1v) is 8.58. The fourth-order valence-corrected chi connectivity index (χ4v) is 2.90. The standard InChI is InChI=1S/C17H27N3O4/c1-13-5-3-4-6-15(13)24-11-9-18-17(22)14-7-8-16(21)20(19-14)10-12-23-2/h7-8,13,15H,3-6,9-12H2,1-2H3,(H,18,22). The first-order valence-electron chi connectivity index (χ1n) is 8.58. The molecule has 1 heterocycles. The molecule has 1 aliphatic carbocycles. The molecule has 0 aromatic carbocycles. The molecule has 134 valence electrons. The third kappa shape index (κ3) is 5.42. The van der Waals surface area contributed by atoms with E-state index < -0.39 is 0 Å². The highest BCUT2D eigenvalue weighted by Crippen LogP contribution is 2.25. The van der Waals surface area contributed by atoms with Crippen molar-refractivity contribution in [2.75, 3.05) is 26.9 Å². The van der Waals surface area contributed by atoms with Crippen molar-refractivity contribution in [1.29, 1.82) is 0 Å². The van der Waals surface area contributed by atoms with Crippen LogP contribution in [0.15, 0.2) is 16.9 Å². The van der Waals surface area contributed by atoms with Gasteiger partial charge in [-0.3, -0.25) is 9.59 Å². The fourth-order valence-electron chi connectivity index (χ4n) is 2.90. The molecule has 1 aromatic heterocycles. The number of methoxy groups -OCH3 is 1. The maximum atomic E-state index is 12.1. The van der Waals surface area contributed by atoms with E-state index in [9.17, 15) is 9.59 Å². The predicted molar refractivity (Wildman–Crippen MR) is 90.1 cm³/mol. The van der Waals surface area contributed by atoms with Gasteiger partial charge in [-0.15, -0.1) is 0 Å². The van der Waals surface area contributed by atoms with Crippen molar-refractivity contribution in [3.63, 3.8) is 0 Å². The lowest BCUT2D eigenvalue weighted by Gasteiger charge is -2.28. The molecule has 1 amide bonds. The van der Waals surface area contributed by atoms with Crippen LogP contribution in [-0.4, -0.2) is 48.7 Å². The molecule has 2 rings (SSSR count). The first-order chi connectivity index (χ1) is 11.6. The summed E-state index contributed by atoms with van der Waals surface area (Å²) in [6, 6.07) is 2.78. The quantitative estimate of drug-likeness (QED) is 0.721. The van der Waals surface area contributed by atoms with E-state index in [-0.39, 0.29) is 17.2 Å². The molecule has 7 nitrogen and oxygen atoms in total. The zero-order chi connectivity index (χ0) is 17.4. The summed E-state index contributed by atoms with van der Waals surface area (Å²) in [5.74, 6) is 0.280. The number of carbonyl (C=O) groups is 1. The molecule has 0 saturated heterocycles. The number of nitrogens with one attached hydrogen (secondary N) is 1. The summed E-state index contributed by atoms with van der Waals surface area (Å²) in [5.41, 5.74) is -0.0324. The van der Waals surface area contributed by atoms with E-state index in [1.807, 2.05) is 0 Å². The van der Waals surface area contributed by atoms with E-state index in [0.717, 1.165) is 6.42 Å². The Balaban J connectivity index is 1.78. The van der Waals surface area contributed by atoms with Crippen molar-refractivity contribution in [1.82, 2.24) is 15.1 Å². The monoisotopic (exact) mass is 337 g/mol. The molecule has 1 N–H and O–H groups in total. The van der Waals surface area contributed by atoms with Gasteiger partial charge in [-0.05, 0) is 24.8 Å². The summed E-state index contributed by atoms with van der Waals surface area (Å²) in [4.78, 5) is 23.8. The topological polar surface area (TPSA) is 82.5 Å². The Bertz CT molecular complexity index is 587. The van der Waals surface area contributed by atoms with E-state index in [1.54, 1.807) is 7.11 Å². The van der Waals surface area contributed by atoms with E-state index in [4.69, 9.17) is 9.47 Å². The molecular weight excluding hydrogens is 310 g/mol. The Morgan fingerprint density at radius 3 is 2.88 bits per heavy atom. The second-order valence-electron chi connectivity index (χ2n) is 6.20. The number of ether oxygens (including phenoxy) is 2. The predicted octanol–water partition coefficient (Wildman–Crippen LogP) is 1.21. The van der Waals surface area contributed by atoms with Crippen LogP contribution < -0.4 is 10.9 Å². The van der Waals surface area contributed by atoms with Crippen molar-refractivity contribution >= 4 is 5.91 Å². The zero-order valence-electron chi connectivity index (χ0n) is 14.5. The van der Waals surface area contributed by atoms with E-state index in [2.05, 4.69) is 17.3 Å². The lowest BCUT2D eigenvalue weighted by atomic mass is 9.88. The van der Waals surface area contributed by atoms with Gasteiger partial charge in [0.1, 0.15) is 5.69 Å². The minimum atomic E-state index is -0.304. The fraction of sp³-hybridized carbons (Fsp3) is 0.706. The van der Waals surface area contributed by atoms with Crippen molar-refractivity contribution in [3.8, 4) is 0 Å². The Hall–Kier alpha value is -1.73. The molecular formula is C17H27N3O4. The van der Waals surface area contributed by atoms with Gasteiger partial charge < -0.3 is 14.8 Å². The molecule has 0 radical (unpaired) electrons. The minimum absolute atomic E-state index is 0.219. The van der Waals surface area contributed by atoms with Crippen LogP contribution in [0.25, 0.3) is 0 Å². The summed E-state index contributed by atoms with van der Waals surface area (Å²) in [6.45, 7) is 3.82. The van der Waals surface area contributed by atoms with Crippen molar-refractivity contribution in [2.45, 2.75) is 45.3 Å². The Kier molecular flexibility index (Phi) is 7.39. The van der Waals surface area contributed by atoms with Gasteiger partial charge in [0.25, 0.3) is 11.5 Å². The van der Waals surface area contributed by atoms with Crippen LogP contribution in [0, 0.1) is 5.92 Å². The number of nitrogens with zero attached hydrogens (tertiary/aromatic N) is 2. The third-order valence-corrected chi connectivity index (χ3v) is 4.36. The van der Waals surface area contributed by atoms with Crippen LogP contribution in [-0.2, 0) is 16.0 Å². The van der Waals surface area contributed by atoms with Crippen LogP contribution in [0.2, 0.25) is 0 Å². The molecule has 1 fully saturated rings. The SMILES string of the molecule is COCCn1nc(C(=O)NCCOC2CCCCC2C)ccc1=O. The van der Waals surface area contributed by atoms with Gasteiger partial charge in [-0.1, -0.05) is 19.8 Å². The summed E-state index contributed by atoms with van der Waals surface area (Å²) >= 11 is 0. The highest BCUT2D eigenvalue weighted by molar-refractivity contribution is 5.91. The summed E-state index contributed by atoms with van der Waals surface area (Å²) in [5, 5.41) is 6.84. The molecule has 2 atom stereocenters. The lowest BCUT2D eigenvalue weighted by Crippen LogP contribution is -2.33. The van der Waals surface area contributed by atoms with Gasteiger partial charge in [0.15, 0.2) is 0 Å². The normalized spacial score (nSPS) is 20.8. The van der Waals surface area contributed by atoms with E-state index in [1.165, 1.54) is 36.1 Å². The second-order valence-corrected chi connectivity index (χ2v) is 6.20. The van der Waals surface area contributed by atoms with E-state index >= 15 is 0 Å². The number of rotatable bonds is 8. The molecule has 0 aliphatic heterocycles. The lowest BCUT2D eigenvalue weighted by molar-refractivity contribution is -0.00295. The van der Waals surface area contributed by atoms with Crippen LogP contribution in [0.3, 0.4) is 0 Å². The number of aromatic nitrogens is 2. The summed E-state index contributed by atoms with van der Waals surface area (Å²) in [7, 11) is 1.55. The second kappa shape index (κ2) is 9.54. The van der Waals surface area contributed by atoms with Gasteiger partial charge >= 0.3 is 0 Å². The first kappa shape index (κ1) is 18.6. The Morgan fingerprint density at radius 2 is 2.12 bits per heavy atom. The maximum absolute atomic E-state index is 12.1. The Morgan fingerprint density at radius 1 is 1.33 bits per heavy atom. The maximum Gasteiger partial charge on any atom is 0.271 e. The molecule has 7 heteroatoms. The van der Waals surface area contributed by atoms with Crippen molar-refractivity contribution in [3.05, 3.63) is 28.2 Å².